The third kappa shape index (κ3) is 6.07. The van der Waals surface area contributed by atoms with Crippen molar-refractivity contribution in [2.45, 2.75) is 77.6 Å². The number of hydrogen-bond donors (Lipinski definition) is 1. The van der Waals surface area contributed by atoms with E-state index in [1.807, 2.05) is 0 Å². The molecular weight excluding hydrogens is 239 g/mol. The quantitative estimate of drug-likeness (QED) is 0.737. The van der Waals surface area contributed by atoms with E-state index in [0.717, 1.165) is 31.6 Å². The van der Waals surface area contributed by atoms with Crippen molar-refractivity contribution in [2.24, 2.45) is 11.8 Å². The molecule has 1 aliphatic carbocycles. The van der Waals surface area contributed by atoms with Crippen molar-refractivity contribution in [3.05, 3.63) is 0 Å². The highest BCUT2D eigenvalue weighted by molar-refractivity contribution is 4.79. The average Bonchev–Trinajstić information content (AvgIpc) is 2.40. The fourth-order valence-corrected chi connectivity index (χ4v) is 2.97. The number of alkyl halides is 3. The number of nitrogens with one attached hydrogen (secondary N) is 1. The highest BCUT2D eigenvalue weighted by atomic mass is 19.4. The van der Waals surface area contributed by atoms with Crippen LogP contribution in [0.15, 0.2) is 0 Å². The van der Waals surface area contributed by atoms with Gasteiger partial charge in [-0.05, 0) is 38.0 Å². The van der Waals surface area contributed by atoms with Gasteiger partial charge in [-0.1, -0.05) is 26.7 Å². The Labute approximate surface area is 109 Å². The second-order valence-electron chi connectivity index (χ2n) is 6.10. The van der Waals surface area contributed by atoms with Gasteiger partial charge < -0.3 is 5.32 Å². The van der Waals surface area contributed by atoms with Crippen LogP contribution in [0.1, 0.15) is 59.3 Å². The van der Waals surface area contributed by atoms with Gasteiger partial charge >= 0.3 is 6.18 Å². The van der Waals surface area contributed by atoms with E-state index >= 15 is 0 Å². The van der Waals surface area contributed by atoms with Crippen LogP contribution in [0.2, 0.25) is 0 Å². The summed E-state index contributed by atoms with van der Waals surface area (Å²) in [6.07, 6.45) is 0.766. The lowest BCUT2D eigenvalue weighted by atomic mass is 9.89. The lowest BCUT2D eigenvalue weighted by Crippen LogP contribution is -2.38. The molecule has 0 aromatic rings. The Kier molecular flexibility index (Phi) is 5.96. The predicted octanol–water partition coefficient (Wildman–Crippen LogP) is 4.52. The van der Waals surface area contributed by atoms with Crippen LogP contribution in [-0.2, 0) is 0 Å². The van der Waals surface area contributed by atoms with E-state index in [1.54, 1.807) is 6.92 Å². The Morgan fingerprint density at radius 3 is 2.28 bits per heavy atom. The van der Waals surface area contributed by atoms with Crippen LogP contribution in [0.4, 0.5) is 13.2 Å². The maximum atomic E-state index is 12.3. The molecule has 3 unspecified atom stereocenters. The van der Waals surface area contributed by atoms with Crippen molar-refractivity contribution >= 4 is 0 Å². The maximum Gasteiger partial charge on any atom is 0.390 e. The third-order valence-electron chi connectivity index (χ3n) is 4.01. The normalized spacial score (nSPS) is 28.2. The summed E-state index contributed by atoms with van der Waals surface area (Å²) in [6, 6.07) is -0.198. The molecule has 108 valence electrons. The van der Waals surface area contributed by atoms with Gasteiger partial charge in [0.15, 0.2) is 0 Å². The van der Waals surface area contributed by atoms with E-state index in [0.29, 0.717) is 5.92 Å². The minimum Gasteiger partial charge on any atom is -0.311 e. The van der Waals surface area contributed by atoms with Crippen molar-refractivity contribution in [3.8, 4) is 0 Å². The first-order valence-corrected chi connectivity index (χ1v) is 7.10. The fourth-order valence-electron chi connectivity index (χ4n) is 2.97. The lowest BCUT2D eigenvalue weighted by molar-refractivity contribution is -0.139. The second-order valence-corrected chi connectivity index (χ2v) is 6.10. The summed E-state index contributed by atoms with van der Waals surface area (Å²) in [6.45, 7) is 6.12. The summed E-state index contributed by atoms with van der Waals surface area (Å²) >= 11 is 0. The predicted molar refractivity (Wildman–Crippen MR) is 68.5 cm³/mol. The van der Waals surface area contributed by atoms with Crippen LogP contribution in [0.3, 0.4) is 0 Å². The first-order valence-electron chi connectivity index (χ1n) is 7.10. The van der Waals surface area contributed by atoms with Gasteiger partial charge in [-0.2, -0.15) is 13.2 Å². The van der Waals surface area contributed by atoms with Gasteiger partial charge in [0.1, 0.15) is 0 Å². The van der Waals surface area contributed by atoms with Gasteiger partial charge in [0, 0.05) is 12.1 Å². The summed E-state index contributed by atoms with van der Waals surface area (Å²) < 4.78 is 36.8. The molecule has 1 saturated carbocycles. The van der Waals surface area contributed by atoms with Crippen molar-refractivity contribution < 1.29 is 13.2 Å². The first kappa shape index (κ1) is 15.8. The lowest BCUT2D eigenvalue weighted by Gasteiger charge is -2.23. The van der Waals surface area contributed by atoms with Crippen LogP contribution >= 0.6 is 0 Å². The maximum absolute atomic E-state index is 12.3. The summed E-state index contributed by atoms with van der Waals surface area (Å²) in [5, 5.41) is 3.15. The number of halogens is 3. The molecule has 0 radical (unpaired) electrons. The minimum absolute atomic E-state index is 0.270. The Hall–Kier alpha value is -0.250. The zero-order valence-corrected chi connectivity index (χ0v) is 11.7. The summed E-state index contributed by atoms with van der Waals surface area (Å²) in [5.74, 6) is 1.44. The Balaban J connectivity index is 2.35. The minimum atomic E-state index is -4.06. The molecule has 4 heteroatoms. The van der Waals surface area contributed by atoms with Crippen LogP contribution in [0.5, 0.6) is 0 Å². The van der Waals surface area contributed by atoms with Gasteiger partial charge in [0.2, 0.25) is 0 Å². The standard InChI is InChI=1S/C14H26F3N/c1-10(2)12-5-4-6-13(8-7-12)18-11(3)9-14(15,16)17/h10-13,18H,4-9H2,1-3H3. The monoisotopic (exact) mass is 265 g/mol. The van der Waals surface area contributed by atoms with Gasteiger partial charge in [-0.25, -0.2) is 0 Å². The van der Waals surface area contributed by atoms with Crippen molar-refractivity contribution in [1.29, 1.82) is 0 Å². The van der Waals surface area contributed by atoms with Gasteiger partial charge in [0.25, 0.3) is 0 Å². The molecule has 1 aliphatic rings. The first-order chi connectivity index (χ1) is 8.28. The largest absolute Gasteiger partial charge is 0.390 e. The molecule has 0 aromatic heterocycles. The van der Waals surface area contributed by atoms with E-state index in [2.05, 4.69) is 19.2 Å². The molecule has 1 nitrogen and oxygen atoms in total. The third-order valence-corrected chi connectivity index (χ3v) is 4.01. The highest BCUT2D eigenvalue weighted by Gasteiger charge is 2.31. The van der Waals surface area contributed by atoms with Gasteiger partial charge in [-0.3, -0.25) is 0 Å². The Morgan fingerprint density at radius 2 is 1.72 bits per heavy atom. The van der Waals surface area contributed by atoms with Gasteiger partial charge in [0.05, 0.1) is 6.42 Å². The van der Waals surface area contributed by atoms with E-state index in [1.165, 1.54) is 6.42 Å². The van der Waals surface area contributed by atoms with E-state index in [4.69, 9.17) is 0 Å². The molecule has 0 bridgehead atoms. The SMILES string of the molecule is CC(CC(F)(F)F)NC1CCCC(C(C)C)CC1. The molecule has 1 N–H and O–H groups in total. The smallest absolute Gasteiger partial charge is 0.311 e. The zero-order valence-electron chi connectivity index (χ0n) is 11.7. The molecule has 3 atom stereocenters. The molecular formula is C14H26F3N. The Morgan fingerprint density at radius 1 is 1.06 bits per heavy atom. The second kappa shape index (κ2) is 6.78. The van der Waals surface area contributed by atoms with E-state index < -0.39 is 18.6 Å². The molecule has 1 fully saturated rings. The van der Waals surface area contributed by atoms with Crippen LogP contribution in [0.25, 0.3) is 0 Å². The summed E-state index contributed by atoms with van der Waals surface area (Å²) in [5.41, 5.74) is 0. The van der Waals surface area contributed by atoms with E-state index in [9.17, 15) is 13.2 Å². The van der Waals surface area contributed by atoms with Crippen LogP contribution in [-0.4, -0.2) is 18.3 Å². The molecule has 0 saturated heterocycles. The van der Waals surface area contributed by atoms with Crippen molar-refractivity contribution in [2.75, 3.05) is 0 Å². The Bertz CT molecular complexity index is 238. The topological polar surface area (TPSA) is 12.0 Å². The fraction of sp³-hybridized carbons (Fsp3) is 1.00. The molecule has 18 heavy (non-hydrogen) atoms. The summed E-state index contributed by atoms with van der Waals surface area (Å²) in [4.78, 5) is 0. The molecule has 1 rings (SSSR count). The van der Waals surface area contributed by atoms with Gasteiger partial charge in [-0.15, -0.1) is 0 Å². The molecule has 0 spiro atoms. The molecule has 0 aromatic carbocycles. The van der Waals surface area contributed by atoms with Crippen LogP contribution in [0, 0.1) is 11.8 Å². The summed E-state index contributed by atoms with van der Waals surface area (Å²) in [7, 11) is 0. The van der Waals surface area contributed by atoms with Crippen LogP contribution < -0.4 is 5.32 Å². The molecule has 0 heterocycles. The average molecular weight is 265 g/mol. The number of hydrogen-bond acceptors (Lipinski definition) is 1. The molecule has 0 amide bonds. The van der Waals surface area contributed by atoms with Crippen molar-refractivity contribution in [3.63, 3.8) is 0 Å². The zero-order chi connectivity index (χ0) is 13.8. The van der Waals surface area contributed by atoms with E-state index in [-0.39, 0.29) is 6.04 Å². The molecule has 0 aliphatic heterocycles. The highest BCUT2D eigenvalue weighted by Crippen LogP contribution is 2.29. The number of rotatable bonds is 4. The van der Waals surface area contributed by atoms with Crippen molar-refractivity contribution in [1.82, 2.24) is 5.32 Å².